The van der Waals surface area contributed by atoms with Gasteiger partial charge in [-0.25, -0.2) is 8.42 Å². The molecule has 0 fully saturated rings. The zero-order valence-corrected chi connectivity index (χ0v) is 15.9. The van der Waals surface area contributed by atoms with Gasteiger partial charge < -0.3 is 5.32 Å². The highest BCUT2D eigenvalue weighted by Crippen LogP contribution is 2.29. The summed E-state index contributed by atoms with van der Waals surface area (Å²) in [4.78, 5) is 12.1. The highest BCUT2D eigenvalue weighted by molar-refractivity contribution is 14.1. The maximum Gasteiger partial charge on any atom is 0.252 e. The first kappa shape index (κ1) is 17.2. The number of para-hydroxylation sites is 1. The van der Waals surface area contributed by atoms with Gasteiger partial charge in [0.2, 0.25) is 10.0 Å². The van der Waals surface area contributed by atoms with Crippen molar-refractivity contribution in [3.8, 4) is 0 Å². The number of hydrogen-bond donors (Lipinski definition) is 1. The Balaban J connectivity index is 1.63. The highest BCUT2D eigenvalue weighted by Gasteiger charge is 2.28. The summed E-state index contributed by atoms with van der Waals surface area (Å²) in [6.07, 6.45) is 0.726. The molecule has 3 rings (SSSR count). The second-order valence-corrected chi connectivity index (χ2v) is 8.68. The number of sulfonamides is 1. The van der Waals surface area contributed by atoms with Crippen LogP contribution in [0.25, 0.3) is 0 Å². The summed E-state index contributed by atoms with van der Waals surface area (Å²) in [6, 6.07) is 14.7. The molecule has 5 nitrogen and oxygen atoms in total. The first-order valence-electron chi connectivity index (χ1n) is 7.60. The number of carbonyl (C=O) groups is 1. The SMILES string of the molecule is O=C(NCCS(=O)(=O)N1CCc2ccccc21)c1ccccc1I. The Morgan fingerprint density at radius 1 is 1.12 bits per heavy atom. The molecule has 1 aliphatic rings. The fourth-order valence-electron chi connectivity index (χ4n) is 2.74. The van der Waals surface area contributed by atoms with Crippen LogP contribution < -0.4 is 9.62 Å². The quantitative estimate of drug-likeness (QED) is 0.703. The molecule has 1 heterocycles. The van der Waals surface area contributed by atoms with Crippen molar-refractivity contribution in [1.82, 2.24) is 5.32 Å². The van der Waals surface area contributed by atoms with E-state index in [-0.39, 0.29) is 18.2 Å². The molecule has 2 aromatic carbocycles. The Kier molecular flexibility index (Phi) is 5.09. The number of halogens is 1. The number of anilines is 1. The van der Waals surface area contributed by atoms with E-state index >= 15 is 0 Å². The summed E-state index contributed by atoms with van der Waals surface area (Å²) < 4.78 is 27.4. The van der Waals surface area contributed by atoms with E-state index in [1.165, 1.54) is 4.31 Å². The fraction of sp³-hybridized carbons (Fsp3) is 0.235. The third-order valence-corrected chi connectivity index (χ3v) is 6.66. The van der Waals surface area contributed by atoms with Crippen molar-refractivity contribution >= 4 is 44.2 Å². The predicted molar refractivity (Wildman–Crippen MR) is 103 cm³/mol. The van der Waals surface area contributed by atoms with Gasteiger partial charge >= 0.3 is 0 Å². The lowest BCUT2D eigenvalue weighted by Crippen LogP contribution is -2.37. The zero-order chi connectivity index (χ0) is 17.2. The van der Waals surface area contributed by atoms with E-state index in [2.05, 4.69) is 27.9 Å². The number of amides is 1. The van der Waals surface area contributed by atoms with Crippen LogP contribution in [0.15, 0.2) is 48.5 Å². The summed E-state index contributed by atoms with van der Waals surface area (Å²) in [5.74, 6) is -0.367. The minimum absolute atomic E-state index is 0.0881. The first-order chi connectivity index (χ1) is 11.5. The Bertz CT molecular complexity index is 868. The van der Waals surface area contributed by atoms with Crippen molar-refractivity contribution in [2.75, 3.05) is 23.1 Å². The minimum atomic E-state index is -3.44. The van der Waals surface area contributed by atoms with Gasteiger partial charge in [-0.15, -0.1) is 0 Å². The minimum Gasteiger partial charge on any atom is -0.351 e. The topological polar surface area (TPSA) is 66.5 Å². The number of fused-ring (bicyclic) bond motifs is 1. The summed E-state index contributed by atoms with van der Waals surface area (Å²) >= 11 is 2.09. The second kappa shape index (κ2) is 7.10. The average molecular weight is 456 g/mol. The summed E-state index contributed by atoms with van der Waals surface area (Å²) in [5, 5.41) is 2.69. The Morgan fingerprint density at radius 3 is 2.62 bits per heavy atom. The van der Waals surface area contributed by atoms with Crippen LogP contribution in [-0.4, -0.2) is 33.2 Å². The molecule has 1 aliphatic heterocycles. The normalized spacial score (nSPS) is 13.6. The van der Waals surface area contributed by atoms with Crippen LogP contribution in [0.3, 0.4) is 0 Å². The van der Waals surface area contributed by atoms with Gasteiger partial charge in [-0.2, -0.15) is 0 Å². The van der Waals surface area contributed by atoms with E-state index in [1.54, 1.807) is 12.1 Å². The van der Waals surface area contributed by atoms with Crippen LogP contribution in [0, 0.1) is 3.57 Å². The van der Waals surface area contributed by atoms with Crippen LogP contribution in [0.2, 0.25) is 0 Å². The van der Waals surface area contributed by atoms with E-state index in [1.807, 2.05) is 36.4 Å². The number of nitrogens with zero attached hydrogens (tertiary/aromatic N) is 1. The van der Waals surface area contributed by atoms with Gasteiger partial charge in [0.1, 0.15) is 0 Å². The molecule has 126 valence electrons. The van der Waals surface area contributed by atoms with Crippen molar-refractivity contribution in [3.05, 3.63) is 63.2 Å². The third kappa shape index (κ3) is 3.56. The number of carbonyl (C=O) groups excluding carboxylic acids is 1. The van der Waals surface area contributed by atoms with Gasteiger partial charge in [0, 0.05) is 16.7 Å². The maximum atomic E-state index is 12.6. The Morgan fingerprint density at radius 2 is 1.83 bits per heavy atom. The molecule has 0 unspecified atom stereocenters. The molecule has 24 heavy (non-hydrogen) atoms. The van der Waals surface area contributed by atoms with Crippen molar-refractivity contribution in [2.24, 2.45) is 0 Å². The molecule has 1 amide bonds. The summed E-state index contributed by atoms with van der Waals surface area (Å²) in [7, 11) is -3.44. The number of hydrogen-bond acceptors (Lipinski definition) is 3. The average Bonchev–Trinajstić information content (AvgIpc) is 3.00. The summed E-state index contributed by atoms with van der Waals surface area (Å²) in [6.45, 7) is 0.553. The number of nitrogens with one attached hydrogen (secondary N) is 1. The Hall–Kier alpha value is -1.61. The molecule has 0 saturated heterocycles. The molecule has 0 aliphatic carbocycles. The van der Waals surface area contributed by atoms with Gasteiger partial charge in [0.25, 0.3) is 5.91 Å². The molecule has 0 saturated carbocycles. The van der Waals surface area contributed by atoms with Crippen LogP contribution in [0.4, 0.5) is 5.69 Å². The van der Waals surface area contributed by atoms with Gasteiger partial charge in [0.05, 0.1) is 17.0 Å². The molecule has 0 atom stereocenters. The lowest BCUT2D eigenvalue weighted by molar-refractivity contribution is 0.0955. The maximum absolute atomic E-state index is 12.6. The highest BCUT2D eigenvalue weighted by atomic mass is 127. The smallest absolute Gasteiger partial charge is 0.252 e. The van der Waals surface area contributed by atoms with Crippen molar-refractivity contribution in [3.63, 3.8) is 0 Å². The zero-order valence-electron chi connectivity index (χ0n) is 12.9. The molecular weight excluding hydrogens is 439 g/mol. The molecule has 0 aromatic heterocycles. The van der Waals surface area contributed by atoms with Crippen molar-refractivity contribution in [2.45, 2.75) is 6.42 Å². The molecule has 0 radical (unpaired) electrons. The predicted octanol–water partition coefficient (Wildman–Crippen LogP) is 2.41. The van der Waals surface area contributed by atoms with Gasteiger partial charge in [-0.05, 0) is 52.8 Å². The van der Waals surface area contributed by atoms with Crippen LogP contribution >= 0.6 is 22.6 Å². The van der Waals surface area contributed by atoms with E-state index in [9.17, 15) is 13.2 Å². The molecule has 0 spiro atoms. The molecule has 2 aromatic rings. The lowest BCUT2D eigenvalue weighted by Gasteiger charge is -2.19. The monoisotopic (exact) mass is 456 g/mol. The summed E-state index contributed by atoms with van der Waals surface area (Å²) in [5.41, 5.74) is 2.35. The van der Waals surface area contributed by atoms with E-state index in [4.69, 9.17) is 0 Å². The van der Waals surface area contributed by atoms with E-state index in [0.29, 0.717) is 12.1 Å². The molecule has 7 heteroatoms. The molecule has 1 N–H and O–H groups in total. The molecular formula is C17H17IN2O3S. The third-order valence-electron chi connectivity index (χ3n) is 3.94. The fourth-order valence-corrected chi connectivity index (χ4v) is 4.80. The van der Waals surface area contributed by atoms with Crippen molar-refractivity contribution < 1.29 is 13.2 Å². The van der Waals surface area contributed by atoms with Crippen LogP contribution in [0.5, 0.6) is 0 Å². The van der Waals surface area contributed by atoms with Gasteiger partial charge in [0.15, 0.2) is 0 Å². The van der Waals surface area contributed by atoms with Gasteiger partial charge in [-0.3, -0.25) is 9.10 Å². The first-order valence-corrected chi connectivity index (χ1v) is 10.3. The second-order valence-electron chi connectivity index (χ2n) is 5.50. The van der Waals surface area contributed by atoms with E-state index in [0.717, 1.165) is 21.2 Å². The van der Waals surface area contributed by atoms with Gasteiger partial charge in [-0.1, -0.05) is 30.3 Å². The number of benzene rings is 2. The van der Waals surface area contributed by atoms with E-state index < -0.39 is 10.0 Å². The largest absolute Gasteiger partial charge is 0.351 e. The Labute approximate surface area is 155 Å². The standard InChI is InChI=1S/C17H17IN2O3S/c18-15-7-3-2-6-14(15)17(21)19-10-12-24(22,23)20-11-9-13-5-1-4-8-16(13)20/h1-8H,9-12H2,(H,19,21). The van der Waals surface area contributed by atoms with Crippen LogP contribution in [-0.2, 0) is 16.4 Å². The molecule has 0 bridgehead atoms. The lowest BCUT2D eigenvalue weighted by atomic mass is 10.2. The van der Waals surface area contributed by atoms with Crippen molar-refractivity contribution in [1.29, 1.82) is 0 Å². The number of rotatable bonds is 5. The van der Waals surface area contributed by atoms with Crippen LogP contribution in [0.1, 0.15) is 15.9 Å².